The number of hydrogen-bond donors (Lipinski definition) is 3. The molecule has 4 saturated carbocycles. The van der Waals surface area contributed by atoms with E-state index in [2.05, 4.69) is 36.1 Å². The highest BCUT2D eigenvalue weighted by atomic mass is 16.7. The van der Waals surface area contributed by atoms with Crippen LogP contribution in [0.5, 0.6) is 0 Å². The van der Waals surface area contributed by atoms with Crippen molar-refractivity contribution >= 4 is 11.7 Å². The van der Waals surface area contributed by atoms with Crippen molar-refractivity contribution in [3.8, 4) is 0 Å². The number of urea groups is 1. The number of aliphatic hydroxyl groups is 1. The predicted molar refractivity (Wildman–Crippen MR) is 160 cm³/mol. The molecule has 1 saturated heterocycles. The fourth-order valence-electron chi connectivity index (χ4n) is 8.32. The molecule has 5 fully saturated rings. The lowest BCUT2D eigenvalue weighted by Gasteiger charge is -2.56. The van der Waals surface area contributed by atoms with E-state index in [-0.39, 0.29) is 36.3 Å². The first-order valence-electron chi connectivity index (χ1n) is 15.3. The monoisotopic (exact) mass is 559 g/mol. The first kappa shape index (κ1) is 28.4. The van der Waals surface area contributed by atoms with Gasteiger partial charge in [-0.2, -0.15) is 0 Å². The lowest BCUT2D eigenvalue weighted by Crippen LogP contribution is -2.60. The molecule has 7 rings (SSSR count). The Hall–Kier alpha value is -2.71. The summed E-state index contributed by atoms with van der Waals surface area (Å²) in [5.74, 6) is 2.48. The fraction of sp³-hybridized carbons (Fsp3) is 0.559. The number of likely N-dealkylation sites (N-methyl/N-ethyl adjacent to an activating group) is 1. The second-order valence-electron chi connectivity index (χ2n) is 13.2. The van der Waals surface area contributed by atoms with E-state index in [0.29, 0.717) is 0 Å². The number of amides is 2. The van der Waals surface area contributed by atoms with Gasteiger partial charge >= 0.3 is 6.03 Å². The van der Waals surface area contributed by atoms with E-state index < -0.39 is 6.29 Å². The number of ether oxygens (including phenoxy) is 2. The van der Waals surface area contributed by atoms with Gasteiger partial charge in [0.1, 0.15) is 0 Å². The third kappa shape index (κ3) is 6.24. The molecule has 2 aromatic carbocycles. The Labute approximate surface area is 244 Å². The minimum absolute atomic E-state index is 0.0165. The number of carbonyl (C=O) groups excluding carboxylic acids is 1. The molecule has 41 heavy (non-hydrogen) atoms. The Morgan fingerprint density at radius 2 is 1.61 bits per heavy atom. The van der Waals surface area contributed by atoms with Gasteiger partial charge in [-0.05, 0) is 86.6 Å². The molecule has 4 bridgehead atoms. The molecule has 7 nitrogen and oxygen atoms in total. The van der Waals surface area contributed by atoms with Crippen LogP contribution in [0.1, 0.15) is 74.5 Å². The van der Waals surface area contributed by atoms with Gasteiger partial charge in [-0.15, -0.1) is 6.58 Å². The van der Waals surface area contributed by atoms with Gasteiger partial charge in [-0.25, -0.2) is 4.79 Å². The van der Waals surface area contributed by atoms with Crippen molar-refractivity contribution in [2.45, 2.75) is 76.1 Å². The Kier molecular flexibility index (Phi) is 8.23. The predicted octanol–water partition coefficient (Wildman–Crippen LogP) is 6.18. The zero-order valence-electron chi connectivity index (χ0n) is 24.4. The van der Waals surface area contributed by atoms with Crippen LogP contribution in [0.25, 0.3) is 0 Å². The molecule has 2 amide bonds. The first-order chi connectivity index (χ1) is 19.8. The summed E-state index contributed by atoms with van der Waals surface area (Å²) in [5, 5.41) is 16.0. The molecule has 0 radical (unpaired) electrons. The Morgan fingerprint density at radius 1 is 1.00 bits per heavy atom. The Morgan fingerprint density at radius 3 is 2.20 bits per heavy atom. The molecular weight excluding hydrogens is 514 g/mol. The molecule has 0 unspecified atom stereocenters. The summed E-state index contributed by atoms with van der Waals surface area (Å²) < 4.78 is 13.1. The minimum atomic E-state index is -0.536. The largest absolute Gasteiger partial charge is 0.392 e. The van der Waals surface area contributed by atoms with Gasteiger partial charge in [0.15, 0.2) is 6.29 Å². The van der Waals surface area contributed by atoms with Crippen LogP contribution < -0.4 is 10.6 Å². The lowest BCUT2D eigenvalue weighted by molar-refractivity contribution is -0.275. The van der Waals surface area contributed by atoms with Crippen LogP contribution in [0.4, 0.5) is 10.5 Å². The van der Waals surface area contributed by atoms with Gasteiger partial charge in [0.25, 0.3) is 0 Å². The zero-order chi connectivity index (χ0) is 28.6. The summed E-state index contributed by atoms with van der Waals surface area (Å²) in [7, 11) is 2.07. The summed E-state index contributed by atoms with van der Waals surface area (Å²) in [6.45, 7) is 7.59. The first-order valence-corrected chi connectivity index (χ1v) is 15.3. The number of rotatable bonds is 9. The van der Waals surface area contributed by atoms with Gasteiger partial charge in [0.2, 0.25) is 0 Å². The number of benzene rings is 2. The molecule has 1 heterocycles. The number of nitrogens with zero attached hydrogens (tertiary/aromatic N) is 1. The Bertz CT molecular complexity index is 1180. The Balaban J connectivity index is 1.14. The molecule has 5 aliphatic rings. The zero-order valence-corrected chi connectivity index (χ0v) is 24.4. The van der Waals surface area contributed by atoms with Crippen molar-refractivity contribution in [1.82, 2.24) is 10.2 Å². The maximum atomic E-state index is 13.1. The molecule has 0 aromatic heterocycles. The topological polar surface area (TPSA) is 83.1 Å². The van der Waals surface area contributed by atoms with Crippen LogP contribution in [-0.2, 0) is 16.1 Å². The molecule has 7 heteroatoms. The molecule has 4 atom stereocenters. The summed E-state index contributed by atoms with van der Waals surface area (Å²) in [4.78, 5) is 15.3. The van der Waals surface area contributed by atoms with Gasteiger partial charge in [-0.3, -0.25) is 0 Å². The van der Waals surface area contributed by atoms with Crippen LogP contribution >= 0.6 is 0 Å². The van der Waals surface area contributed by atoms with Crippen molar-refractivity contribution in [2.24, 2.45) is 23.7 Å². The average Bonchev–Trinajstić information content (AvgIpc) is 2.94. The summed E-state index contributed by atoms with van der Waals surface area (Å²) in [6, 6.07) is 15.7. The highest BCUT2D eigenvalue weighted by Gasteiger charge is 2.51. The standard InChI is InChI=1S/C34H45N3O4/c1-4-13-37(3)20-30-22(2)31(27-7-5-23(21-38)6-8-27)41-32(40-30)28-9-11-29(12-10-28)35-33(39)36-34-17-24-14-25(18-34)16-26(15-24)19-34/h4-12,22,24-26,30-32,38H,1,13-21H2,2-3H3,(H2,35,36,39)/t22-,24?,25?,26?,30+,31+,32+,34?/m0/s1. The minimum Gasteiger partial charge on any atom is -0.392 e. The quantitative estimate of drug-likeness (QED) is 0.320. The van der Waals surface area contributed by atoms with Gasteiger partial charge < -0.3 is 30.1 Å². The smallest absolute Gasteiger partial charge is 0.319 e. The SMILES string of the molecule is C=CCN(C)C[C@H]1O[C@@H](c2ccc(NC(=O)NC34CC5CC(CC(C5)C3)C4)cc2)O[C@@H](c2ccc(CO)cc2)[C@H]1C. The second-order valence-corrected chi connectivity index (χ2v) is 13.2. The van der Waals surface area contributed by atoms with E-state index in [1.54, 1.807) is 0 Å². The fourth-order valence-corrected chi connectivity index (χ4v) is 8.32. The highest BCUT2D eigenvalue weighted by Crippen LogP contribution is 2.55. The van der Waals surface area contributed by atoms with E-state index >= 15 is 0 Å². The molecule has 1 aliphatic heterocycles. The highest BCUT2D eigenvalue weighted by molar-refractivity contribution is 5.89. The van der Waals surface area contributed by atoms with Crippen LogP contribution in [0.15, 0.2) is 61.2 Å². The average molecular weight is 560 g/mol. The van der Waals surface area contributed by atoms with Gasteiger partial charge in [0.05, 0.1) is 18.8 Å². The number of aliphatic hydroxyl groups excluding tert-OH is 1. The maximum Gasteiger partial charge on any atom is 0.319 e. The number of anilines is 1. The van der Waals surface area contributed by atoms with Crippen LogP contribution in [0, 0.1) is 23.7 Å². The van der Waals surface area contributed by atoms with Crippen LogP contribution in [0.3, 0.4) is 0 Å². The molecule has 4 aliphatic carbocycles. The van der Waals surface area contributed by atoms with Crippen molar-refractivity contribution in [2.75, 3.05) is 25.5 Å². The van der Waals surface area contributed by atoms with E-state index in [9.17, 15) is 9.90 Å². The van der Waals surface area contributed by atoms with Crippen molar-refractivity contribution in [3.05, 3.63) is 77.9 Å². The van der Waals surface area contributed by atoms with E-state index in [1.807, 2.05) is 54.6 Å². The lowest BCUT2D eigenvalue weighted by atomic mass is 9.53. The van der Waals surface area contributed by atoms with Crippen LogP contribution in [0.2, 0.25) is 0 Å². The number of hydrogen-bond acceptors (Lipinski definition) is 5. The normalized spacial score (nSPS) is 34.0. The van der Waals surface area contributed by atoms with Gasteiger partial charge in [0, 0.05) is 35.8 Å². The maximum absolute atomic E-state index is 13.1. The van der Waals surface area contributed by atoms with Crippen LogP contribution in [-0.4, -0.2) is 47.8 Å². The van der Waals surface area contributed by atoms with E-state index in [4.69, 9.17) is 9.47 Å². The number of nitrogens with one attached hydrogen (secondary N) is 2. The van der Waals surface area contributed by atoms with E-state index in [0.717, 1.165) is 72.5 Å². The molecule has 220 valence electrons. The molecular formula is C34H45N3O4. The molecule has 3 N–H and O–H groups in total. The van der Waals surface area contributed by atoms with Crippen molar-refractivity contribution in [1.29, 1.82) is 0 Å². The van der Waals surface area contributed by atoms with Crippen molar-refractivity contribution < 1.29 is 19.4 Å². The molecule has 0 spiro atoms. The molecule has 2 aromatic rings. The van der Waals surface area contributed by atoms with Crippen molar-refractivity contribution in [3.63, 3.8) is 0 Å². The van der Waals surface area contributed by atoms with Gasteiger partial charge in [-0.1, -0.05) is 49.4 Å². The summed E-state index contributed by atoms with van der Waals surface area (Å²) in [5.41, 5.74) is 3.61. The summed E-state index contributed by atoms with van der Waals surface area (Å²) in [6.07, 6.45) is 8.62. The third-order valence-corrected chi connectivity index (χ3v) is 9.91. The van der Waals surface area contributed by atoms with E-state index in [1.165, 1.54) is 19.3 Å². The number of carbonyl (C=O) groups is 1. The third-order valence-electron chi connectivity index (χ3n) is 9.91. The second kappa shape index (κ2) is 11.9. The summed E-state index contributed by atoms with van der Waals surface area (Å²) >= 11 is 0.